The summed E-state index contributed by atoms with van der Waals surface area (Å²) in [6.45, 7) is 8.32. The number of nitro benzene ring substituents is 1. The van der Waals surface area contributed by atoms with E-state index in [0.29, 0.717) is 5.92 Å². The molecule has 0 aliphatic rings. The Bertz CT molecular complexity index is 491. The molecule has 1 aromatic carbocycles. The maximum Gasteiger partial charge on any atom is 0.274 e. The van der Waals surface area contributed by atoms with Gasteiger partial charge in [0.25, 0.3) is 5.69 Å². The van der Waals surface area contributed by atoms with Crippen LogP contribution in [0.1, 0.15) is 45.6 Å². The maximum absolute atomic E-state index is 11.2. The Morgan fingerprint density at radius 2 is 2.05 bits per heavy atom. The average molecular weight is 326 g/mol. The molecule has 0 saturated heterocycles. The summed E-state index contributed by atoms with van der Waals surface area (Å²) in [7, 11) is 0. The lowest BCUT2D eigenvalue weighted by molar-refractivity contribution is -0.385. The monoisotopic (exact) mass is 325 g/mol. The highest BCUT2D eigenvalue weighted by molar-refractivity contribution is 9.10. The molecule has 1 rings (SSSR count). The van der Waals surface area contributed by atoms with Crippen molar-refractivity contribution in [2.75, 3.05) is 0 Å². The zero-order valence-corrected chi connectivity index (χ0v) is 13.4. The summed E-state index contributed by atoms with van der Waals surface area (Å²) < 4.78 is 0.739. The largest absolute Gasteiger partial charge is 0.274 e. The summed E-state index contributed by atoms with van der Waals surface area (Å²) in [6, 6.07) is 5.31. The number of rotatable bonds is 5. The molecule has 0 aliphatic heterocycles. The van der Waals surface area contributed by atoms with Crippen LogP contribution in [0.3, 0.4) is 0 Å². The Kier molecular flexibility index (Phi) is 5.73. The predicted molar refractivity (Wildman–Crippen MR) is 82.4 cm³/mol. The quantitative estimate of drug-likeness (QED) is 0.410. The Hall–Kier alpha value is -1.16. The summed E-state index contributed by atoms with van der Waals surface area (Å²) in [5.74, 6) is 0.586. The molecule has 0 aromatic heterocycles. The van der Waals surface area contributed by atoms with E-state index in [1.165, 1.54) is 5.57 Å². The molecular formula is C15H20BrNO2. The molecule has 1 aromatic rings. The normalized spacial score (nSPS) is 12.3. The van der Waals surface area contributed by atoms with E-state index in [0.717, 1.165) is 16.5 Å². The molecule has 104 valence electrons. The van der Waals surface area contributed by atoms with Crippen molar-refractivity contribution in [2.45, 2.75) is 40.0 Å². The van der Waals surface area contributed by atoms with Crippen LogP contribution in [0.4, 0.5) is 5.69 Å². The standard InChI is InChI=1S/C15H20BrNO2/c1-10(2)7-12(8-11(3)4)14-6-5-13(16)9-15(14)17(18)19/h5-7,9,11-12H,8H2,1-4H3. The van der Waals surface area contributed by atoms with Gasteiger partial charge in [-0.15, -0.1) is 0 Å². The molecule has 1 unspecified atom stereocenters. The summed E-state index contributed by atoms with van der Waals surface area (Å²) in [6.07, 6.45) is 3.03. The first kappa shape index (κ1) is 15.9. The van der Waals surface area contributed by atoms with Gasteiger partial charge in [-0.1, -0.05) is 47.5 Å². The van der Waals surface area contributed by atoms with Gasteiger partial charge < -0.3 is 0 Å². The molecule has 19 heavy (non-hydrogen) atoms. The number of allylic oxidation sites excluding steroid dienone is 2. The highest BCUT2D eigenvalue weighted by Crippen LogP contribution is 2.34. The zero-order chi connectivity index (χ0) is 14.6. The predicted octanol–water partition coefficient (Wildman–Crippen LogP) is 5.45. The van der Waals surface area contributed by atoms with Gasteiger partial charge in [0, 0.05) is 22.0 Å². The van der Waals surface area contributed by atoms with E-state index >= 15 is 0 Å². The summed E-state index contributed by atoms with van der Waals surface area (Å²) in [5, 5.41) is 11.2. The highest BCUT2D eigenvalue weighted by atomic mass is 79.9. The van der Waals surface area contributed by atoms with E-state index < -0.39 is 0 Å². The fraction of sp³-hybridized carbons (Fsp3) is 0.467. The Morgan fingerprint density at radius 3 is 2.53 bits per heavy atom. The molecule has 1 atom stereocenters. The van der Waals surface area contributed by atoms with Crippen molar-refractivity contribution < 1.29 is 4.92 Å². The summed E-state index contributed by atoms with van der Waals surface area (Å²) in [5.41, 5.74) is 2.17. The first-order chi connectivity index (χ1) is 8.81. The number of nitrogens with zero attached hydrogens (tertiary/aromatic N) is 1. The second kappa shape index (κ2) is 6.85. The van der Waals surface area contributed by atoms with Crippen molar-refractivity contribution in [1.29, 1.82) is 0 Å². The van der Waals surface area contributed by atoms with Crippen molar-refractivity contribution in [2.24, 2.45) is 5.92 Å². The lowest BCUT2D eigenvalue weighted by Crippen LogP contribution is -2.05. The van der Waals surface area contributed by atoms with Crippen molar-refractivity contribution in [1.82, 2.24) is 0 Å². The van der Waals surface area contributed by atoms with E-state index in [1.807, 2.05) is 26.0 Å². The van der Waals surface area contributed by atoms with E-state index in [4.69, 9.17) is 0 Å². The van der Waals surface area contributed by atoms with Crippen LogP contribution in [-0.4, -0.2) is 4.92 Å². The maximum atomic E-state index is 11.2. The summed E-state index contributed by atoms with van der Waals surface area (Å²) >= 11 is 3.30. The van der Waals surface area contributed by atoms with Gasteiger partial charge in [0.15, 0.2) is 0 Å². The molecule has 0 bridgehead atoms. The molecule has 3 nitrogen and oxygen atoms in total. The fourth-order valence-electron chi connectivity index (χ4n) is 2.18. The lowest BCUT2D eigenvalue weighted by Gasteiger charge is -2.17. The second-order valence-corrected chi connectivity index (χ2v) is 6.36. The van der Waals surface area contributed by atoms with Crippen LogP contribution in [-0.2, 0) is 0 Å². The number of hydrogen-bond acceptors (Lipinski definition) is 2. The van der Waals surface area contributed by atoms with E-state index in [1.54, 1.807) is 6.07 Å². The first-order valence-electron chi connectivity index (χ1n) is 6.40. The van der Waals surface area contributed by atoms with Crippen LogP contribution in [0.15, 0.2) is 34.3 Å². The van der Waals surface area contributed by atoms with E-state index in [2.05, 4.69) is 35.9 Å². The van der Waals surface area contributed by atoms with Gasteiger partial charge >= 0.3 is 0 Å². The third-order valence-corrected chi connectivity index (χ3v) is 3.34. The van der Waals surface area contributed by atoms with Crippen molar-refractivity contribution in [3.8, 4) is 0 Å². The van der Waals surface area contributed by atoms with Crippen LogP contribution in [0.5, 0.6) is 0 Å². The Balaban J connectivity index is 3.29. The summed E-state index contributed by atoms with van der Waals surface area (Å²) in [4.78, 5) is 10.9. The molecule has 0 N–H and O–H groups in total. The van der Waals surface area contributed by atoms with Gasteiger partial charge in [-0.05, 0) is 32.3 Å². The van der Waals surface area contributed by atoms with Crippen molar-refractivity contribution in [3.05, 3.63) is 50.0 Å². The van der Waals surface area contributed by atoms with Crippen LogP contribution < -0.4 is 0 Å². The highest BCUT2D eigenvalue weighted by Gasteiger charge is 2.21. The van der Waals surface area contributed by atoms with Crippen molar-refractivity contribution >= 4 is 21.6 Å². The van der Waals surface area contributed by atoms with Gasteiger partial charge in [0.2, 0.25) is 0 Å². The lowest BCUT2D eigenvalue weighted by atomic mass is 9.88. The first-order valence-corrected chi connectivity index (χ1v) is 7.19. The van der Waals surface area contributed by atoms with E-state index in [-0.39, 0.29) is 16.5 Å². The van der Waals surface area contributed by atoms with Crippen LogP contribution in [0.2, 0.25) is 0 Å². The third kappa shape index (κ3) is 4.78. The molecule has 4 heteroatoms. The molecule has 0 fully saturated rings. The minimum absolute atomic E-state index is 0.0958. The third-order valence-electron chi connectivity index (χ3n) is 2.85. The smallest absolute Gasteiger partial charge is 0.258 e. The van der Waals surface area contributed by atoms with Gasteiger partial charge in [-0.3, -0.25) is 10.1 Å². The number of hydrogen-bond donors (Lipinski definition) is 0. The molecule has 0 saturated carbocycles. The minimum Gasteiger partial charge on any atom is -0.258 e. The number of benzene rings is 1. The Morgan fingerprint density at radius 1 is 1.42 bits per heavy atom. The topological polar surface area (TPSA) is 43.1 Å². The molecular weight excluding hydrogens is 306 g/mol. The van der Waals surface area contributed by atoms with Gasteiger partial charge in [-0.25, -0.2) is 0 Å². The van der Waals surface area contributed by atoms with Gasteiger partial charge in [0.1, 0.15) is 0 Å². The molecule has 0 aliphatic carbocycles. The second-order valence-electron chi connectivity index (χ2n) is 5.44. The van der Waals surface area contributed by atoms with Crippen LogP contribution >= 0.6 is 15.9 Å². The van der Waals surface area contributed by atoms with Crippen LogP contribution in [0.25, 0.3) is 0 Å². The molecule has 0 radical (unpaired) electrons. The Labute approximate surface area is 123 Å². The number of halogens is 1. The fourth-order valence-corrected chi connectivity index (χ4v) is 2.53. The minimum atomic E-state index is -0.299. The molecule has 0 amide bonds. The SMILES string of the molecule is CC(C)=CC(CC(C)C)c1ccc(Br)cc1[N+](=O)[O-]. The van der Waals surface area contributed by atoms with Gasteiger partial charge in [-0.2, -0.15) is 0 Å². The average Bonchev–Trinajstić information content (AvgIpc) is 2.26. The van der Waals surface area contributed by atoms with E-state index in [9.17, 15) is 10.1 Å². The van der Waals surface area contributed by atoms with Crippen LogP contribution in [0, 0.1) is 16.0 Å². The molecule has 0 spiro atoms. The molecule has 0 heterocycles. The number of nitro groups is 1. The van der Waals surface area contributed by atoms with Crippen molar-refractivity contribution in [3.63, 3.8) is 0 Å². The van der Waals surface area contributed by atoms with Gasteiger partial charge in [0.05, 0.1) is 4.92 Å². The zero-order valence-electron chi connectivity index (χ0n) is 11.8.